The molecule has 1 atom stereocenters. The first-order valence-corrected chi connectivity index (χ1v) is 5.35. The van der Waals surface area contributed by atoms with Crippen molar-refractivity contribution in [3.8, 4) is 0 Å². The molecule has 0 saturated carbocycles. The Morgan fingerprint density at radius 3 is 2.88 bits per heavy atom. The number of amides is 1. The maximum absolute atomic E-state index is 11.7. The van der Waals surface area contributed by atoms with Crippen LogP contribution >= 0.6 is 0 Å². The number of carbonyl (C=O) groups is 1. The Labute approximate surface area is 97.7 Å². The molecule has 1 heterocycles. The van der Waals surface area contributed by atoms with E-state index in [1.54, 1.807) is 25.1 Å². The number of para-hydroxylation sites is 1. The van der Waals surface area contributed by atoms with Gasteiger partial charge in [-0.05, 0) is 12.1 Å². The van der Waals surface area contributed by atoms with Gasteiger partial charge < -0.3 is 10.7 Å². The second-order valence-electron chi connectivity index (χ2n) is 4.04. The molecule has 0 radical (unpaired) electrons. The smallest absolute Gasteiger partial charge is 0.258 e. The van der Waals surface area contributed by atoms with Gasteiger partial charge in [-0.3, -0.25) is 9.59 Å². The van der Waals surface area contributed by atoms with Crippen LogP contribution in [-0.4, -0.2) is 15.9 Å². The lowest BCUT2D eigenvalue weighted by Gasteiger charge is -2.06. The first kappa shape index (κ1) is 11.3. The van der Waals surface area contributed by atoms with E-state index in [0.29, 0.717) is 23.1 Å². The third kappa shape index (κ3) is 2.33. The number of primary amides is 1. The van der Waals surface area contributed by atoms with Crippen molar-refractivity contribution in [1.29, 1.82) is 0 Å². The van der Waals surface area contributed by atoms with Crippen LogP contribution in [0, 0.1) is 5.92 Å². The summed E-state index contributed by atoms with van der Waals surface area (Å²) in [7, 11) is 0. The summed E-state index contributed by atoms with van der Waals surface area (Å²) in [6, 6.07) is 7.08. The summed E-state index contributed by atoms with van der Waals surface area (Å²) in [4.78, 5) is 29.7. The van der Waals surface area contributed by atoms with Gasteiger partial charge in [-0.25, -0.2) is 4.98 Å². The summed E-state index contributed by atoms with van der Waals surface area (Å²) in [6.45, 7) is 1.71. The summed E-state index contributed by atoms with van der Waals surface area (Å²) < 4.78 is 0. The highest BCUT2D eigenvalue weighted by Gasteiger charge is 2.12. The fourth-order valence-electron chi connectivity index (χ4n) is 1.62. The molecule has 1 aromatic heterocycles. The maximum Gasteiger partial charge on any atom is 0.258 e. The summed E-state index contributed by atoms with van der Waals surface area (Å²) in [6.07, 6.45) is 0.343. The van der Waals surface area contributed by atoms with E-state index in [1.807, 2.05) is 6.07 Å². The molecule has 0 aliphatic rings. The van der Waals surface area contributed by atoms with Crippen LogP contribution in [0.3, 0.4) is 0 Å². The zero-order chi connectivity index (χ0) is 12.4. The molecule has 88 valence electrons. The molecular formula is C12H13N3O2. The second kappa shape index (κ2) is 4.37. The summed E-state index contributed by atoms with van der Waals surface area (Å²) in [5.74, 6) is -0.264. The van der Waals surface area contributed by atoms with Gasteiger partial charge in [0.05, 0.1) is 10.9 Å². The third-order valence-corrected chi connectivity index (χ3v) is 2.65. The Morgan fingerprint density at radius 1 is 1.47 bits per heavy atom. The number of hydrogen-bond acceptors (Lipinski definition) is 3. The van der Waals surface area contributed by atoms with Gasteiger partial charge in [-0.15, -0.1) is 0 Å². The minimum Gasteiger partial charge on any atom is -0.369 e. The Hall–Kier alpha value is -2.17. The van der Waals surface area contributed by atoms with Crippen molar-refractivity contribution in [1.82, 2.24) is 9.97 Å². The van der Waals surface area contributed by atoms with Crippen molar-refractivity contribution in [3.05, 3.63) is 40.4 Å². The molecule has 3 N–H and O–H groups in total. The first-order valence-electron chi connectivity index (χ1n) is 5.35. The third-order valence-electron chi connectivity index (χ3n) is 2.65. The van der Waals surface area contributed by atoms with Crippen LogP contribution in [0.2, 0.25) is 0 Å². The minimum absolute atomic E-state index is 0.192. The first-order chi connectivity index (χ1) is 8.08. The van der Waals surface area contributed by atoms with E-state index < -0.39 is 5.91 Å². The van der Waals surface area contributed by atoms with Gasteiger partial charge in [0.1, 0.15) is 5.82 Å². The van der Waals surface area contributed by atoms with Crippen LogP contribution in [-0.2, 0) is 11.2 Å². The topological polar surface area (TPSA) is 88.8 Å². The largest absolute Gasteiger partial charge is 0.369 e. The standard InChI is InChI=1S/C12H13N3O2/c1-7(11(13)16)6-10-14-9-5-3-2-4-8(9)12(17)15-10/h2-5,7H,6H2,1H3,(H2,13,16)(H,14,15,17). The van der Waals surface area contributed by atoms with Crippen LogP contribution in [0.25, 0.3) is 10.9 Å². The normalized spacial score (nSPS) is 12.5. The molecule has 17 heavy (non-hydrogen) atoms. The van der Waals surface area contributed by atoms with Crippen molar-refractivity contribution in [3.63, 3.8) is 0 Å². The number of aromatic amines is 1. The van der Waals surface area contributed by atoms with Crippen molar-refractivity contribution in [2.24, 2.45) is 11.7 Å². The molecule has 1 amide bonds. The van der Waals surface area contributed by atoms with E-state index in [-0.39, 0.29) is 11.5 Å². The van der Waals surface area contributed by atoms with Crippen LogP contribution in [0.5, 0.6) is 0 Å². The Balaban J connectivity index is 2.44. The second-order valence-corrected chi connectivity index (χ2v) is 4.04. The average molecular weight is 231 g/mol. The number of hydrogen-bond donors (Lipinski definition) is 2. The van der Waals surface area contributed by atoms with Crippen molar-refractivity contribution >= 4 is 16.8 Å². The lowest BCUT2D eigenvalue weighted by Crippen LogP contribution is -2.24. The number of fused-ring (bicyclic) bond motifs is 1. The molecule has 2 aromatic rings. The van der Waals surface area contributed by atoms with Crippen molar-refractivity contribution in [2.75, 3.05) is 0 Å². The van der Waals surface area contributed by atoms with Crippen molar-refractivity contribution in [2.45, 2.75) is 13.3 Å². The number of carbonyl (C=O) groups excluding carboxylic acids is 1. The molecule has 0 fully saturated rings. The van der Waals surface area contributed by atoms with Crippen LogP contribution in [0.1, 0.15) is 12.7 Å². The molecule has 0 aliphatic heterocycles. The van der Waals surface area contributed by atoms with Gasteiger partial charge in [-0.1, -0.05) is 19.1 Å². The molecule has 0 aliphatic carbocycles. The van der Waals surface area contributed by atoms with Gasteiger partial charge in [0.25, 0.3) is 5.56 Å². The number of nitrogens with two attached hydrogens (primary N) is 1. The highest BCUT2D eigenvalue weighted by molar-refractivity contribution is 5.78. The lowest BCUT2D eigenvalue weighted by molar-refractivity contribution is -0.121. The zero-order valence-electron chi connectivity index (χ0n) is 9.43. The van der Waals surface area contributed by atoms with Gasteiger partial charge in [0.2, 0.25) is 5.91 Å². The van der Waals surface area contributed by atoms with E-state index in [2.05, 4.69) is 9.97 Å². The van der Waals surface area contributed by atoms with Crippen molar-refractivity contribution < 1.29 is 4.79 Å². The molecule has 1 aromatic carbocycles. The minimum atomic E-state index is -0.402. The molecule has 0 spiro atoms. The monoisotopic (exact) mass is 231 g/mol. The van der Waals surface area contributed by atoms with E-state index in [1.165, 1.54) is 0 Å². The van der Waals surface area contributed by atoms with E-state index in [4.69, 9.17) is 5.73 Å². The van der Waals surface area contributed by atoms with Crippen LogP contribution < -0.4 is 11.3 Å². The number of aromatic nitrogens is 2. The molecule has 0 saturated heterocycles. The number of nitrogens with one attached hydrogen (secondary N) is 1. The van der Waals surface area contributed by atoms with E-state index in [9.17, 15) is 9.59 Å². The number of rotatable bonds is 3. The van der Waals surface area contributed by atoms with Gasteiger partial charge in [0, 0.05) is 12.3 Å². The van der Waals surface area contributed by atoms with E-state index >= 15 is 0 Å². The summed E-state index contributed by atoms with van der Waals surface area (Å²) in [5, 5.41) is 0.544. The predicted molar refractivity (Wildman–Crippen MR) is 64.4 cm³/mol. The summed E-state index contributed by atoms with van der Waals surface area (Å²) in [5.41, 5.74) is 5.61. The zero-order valence-corrected chi connectivity index (χ0v) is 9.43. The number of H-pyrrole nitrogens is 1. The van der Waals surface area contributed by atoms with Crippen LogP contribution in [0.15, 0.2) is 29.1 Å². The van der Waals surface area contributed by atoms with Gasteiger partial charge in [0.15, 0.2) is 0 Å². The van der Waals surface area contributed by atoms with Gasteiger partial charge in [-0.2, -0.15) is 0 Å². The lowest BCUT2D eigenvalue weighted by atomic mass is 10.1. The molecule has 5 nitrogen and oxygen atoms in total. The summed E-state index contributed by atoms with van der Waals surface area (Å²) >= 11 is 0. The highest BCUT2D eigenvalue weighted by Crippen LogP contribution is 2.08. The number of benzene rings is 1. The Kier molecular flexibility index (Phi) is 2.91. The Bertz CT molecular complexity index is 618. The van der Waals surface area contributed by atoms with Gasteiger partial charge >= 0.3 is 0 Å². The average Bonchev–Trinajstić information content (AvgIpc) is 2.29. The molecule has 0 bridgehead atoms. The molecular weight excluding hydrogens is 218 g/mol. The molecule has 5 heteroatoms. The number of nitrogens with zero attached hydrogens (tertiary/aromatic N) is 1. The fraction of sp³-hybridized carbons (Fsp3) is 0.250. The molecule has 2 rings (SSSR count). The fourth-order valence-corrected chi connectivity index (χ4v) is 1.62. The quantitative estimate of drug-likeness (QED) is 0.810. The maximum atomic E-state index is 11.7. The SMILES string of the molecule is CC(Cc1nc2ccccc2c(=O)[nH]1)C(N)=O. The highest BCUT2D eigenvalue weighted by atomic mass is 16.1. The van der Waals surface area contributed by atoms with E-state index in [0.717, 1.165) is 0 Å². The molecule has 1 unspecified atom stereocenters. The van der Waals surface area contributed by atoms with Crippen LogP contribution in [0.4, 0.5) is 0 Å². The Morgan fingerprint density at radius 2 is 2.18 bits per heavy atom. The predicted octanol–water partition coefficient (Wildman–Crippen LogP) is 0.587.